The summed E-state index contributed by atoms with van der Waals surface area (Å²) in [6.45, 7) is 8.65. The molecular formula is C48H38. The van der Waals surface area contributed by atoms with E-state index in [1.54, 1.807) is 0 Å². The Hall–Kier alpha value is -5.72. The molecule has 0 fully saturated rings. The van der Waals surface area contributed by atoms with Crippen LogP contribution in [0.2, 0.25) is 0 Å². The van der Waals surface area contributed by atoms with Crippen molar-refractivity contribution in [2.24, 2.45) is 0 Å². The van der Waals surface area contributed by atoms with Gasteiger partial charge in [-0.15, -0.1) is 0 Å². The third kappa shape index (κ3) is 5.30. The summed E-state index contributed by atoms with van der Waals surface area (Å²) in [6, 6.07) is 58.9. The smallest absolute Gasteiger partial charge is 0.00141 e. The summed E-state index contributed by atoms with van der Waals surface area (Å²) < 4.78 is 0. The van der Waals surface area contributed by atoms with Crippen LogP contribution in [0.3, 0.4) is 0 Å². The molecule has 8 rings (SSSR count). The molecule has 0 heteroatoms. The number of benzene rings is 8. The van der Waals surface area contributed by atoms with Gasteiger partial charge in [-0.05, 0) is 116 Å². The highest BCUT2D eigenvalue weighted by Crippen LogP contribution is 2.30. The molecule has 0 bridgehead atoms. The van der Waals surface area contributed by atoms with E-state index < -0.39 is 0 Å². The van der Waals surface area contributed by atoms with Crippen molar-refractivity contribution in [1.82, 2.24) is 0 Å². The molecule has 0 amide bonds. The molecule has 8 aromatic rings. The largest absolute Gasteiger partial charge is 0.0616 e. The molecular weight excluding hydrogens is 577 g/mol. The van der Waals surface area contributed by atoms with Crippen molar-refractivity contribution in [2.75, 3.05) is 0 Å². The van der Waals surface area contributed by atoms with Gasteiger partial charge in [-0.25, -0.2) is 0 Å². The maximum Gasteiger partial charge on any atom is -0.00141 e. The molecule has 0 radical (unpaired) electrons. The lowest BCUT2D eigenvalue weighted by molar-refractivity contribution is 1.41. The minimum Gasteiger partial charge on any atom is -0.0616 e. The molecule has 0 aromatic heterocycles. The topological polar surface area (TPSA) is 0 Å². The zero-order valence-corrected chi connectivity index (χ0v) is 28.0. The van der Waals surface area contributed by atoms with Gasteiger partial charge in [0, 0.05) is 0 Å². The minimum atomic E-state index is 1.22. The van der Waals surface area contributed by atoms with Gasteiger partial charge < -0.3 is 0 Å². The Balaban J connectivity index is 1.71. The number of aryl methyl sites for hydroxylation is 4. The fourth-order valence-electron chi connectivity index (χ4n) is 7.19. The van der Waals surface area contributed by atoms with Crippen LogP contribution in [0.4, 0.5) is 0 Å². The van der Waals surface area contributed by atoms with Gasteiger partial charge in [0.15, 0.2) is 0 Å². The lowest BCUT2D eigenvalue weighted by Gasteiger charge is -2.18. The molecule has 8 aromatic carbocycles. The second-order valence-electron chi connectivity index (χ2n) is 13.3. The van der Waals surface area contributed by atoms with Crippen molar-refractivity contribution in [1.29, 1.82) is 0 Å². The van der Waals surface area contributed by atoms with Gasteiger partial charge in [0.05, 0.1) is 0 Å². The number of rotatable bonds is 4. The van der Waals surface area contributed by atoms with E-state index in [0.717, 1.165) is 0 Å². The Morgan fingerprint density at radius 1 is 0.292 bits per heavy atom. The average molecular weight is 615 g/mol. The molecule has 0 atom stereocenters. The summed E-state index contributed by atoms with van der Waals surface area (Å²) in [6.07, 6.45) is 0. The van der Waals surface area contributed by atoms with Crippen LogP contribution < -0.4 is 10.4 Å². The molecule has 0 unspecified atom stereocenters. The summed E-state index contributed by atoms with van der Waals surface area (Å²) in [5, 5.41) is 10.1. The first-order valence-electron chi connectivity index (χ1n) is 16.8. The lowest BCUT2D eigenvalue weighted by atomic mass is 9.85. The van der Waals surface area contributed by atoms with Crippen LogP contribution in [0, 0.1) is 27.7 Å². The van der Waals surface area contributed by atoms with E-state index >= 15 is 0 Å². The first-order valence-corrected chi connectivity index (χ1v) is 16.8. The van der Waals surface area contributed by atoms with Gasteiger partial charge in [-0.2, -0.15) is 0 Å². The predicted octanol–water partition coefficient (Wildman–Crippen LogP) is 10.9. The maximum absolute atomic E-state index is 2.43. The highest BCUT2D eigenvalue weighted by Gasteiger charge is 2.17. The van der Waals surface area contributed by atoms with Gasteiger partial charge in [-0.3, -0.25) is 0 Å². The Labute approximate surface area is 283 Å². The summed E-state index contributed by atoms with van der Waals surface area (Å²) >= 11 is 0. The number of hydrogen-bond acceptors (Lipinski definition) is 0. The number of fused-ring (bicyclic) bond motifs is 3. The fraction of sp³-hybridized carbons (Fsp3) is 0.0833. The first kappa shape index (κ1) is 29.7. The van der Waals surface area contributed by atoms with E-state index in [1.165, 1.54) is 98.4 Å². The molecule has 0 nitrogen and oxygen atoms in total. The molecule has 230 valence electrons. The van der Waals surface area contributed by atoms with Gasteiger partial charge in [0.1, 0.15) is 0 Å². The minimum absolute atomic E-state index is 1.22. The van der Waals surface area contributed by atoms with Crippen molar-refractivity contribution in [3.63, 3.8) is 0 Å². The quantitative estimate of drug-likeness (QED) is 0.173. The van der Waals surface area contributed by atoms with Crippen LogP contribution >= 0.6 is 0 Å². The van der Waals surface area contributed by atoms with E-state index in [-0.39, 0.29) is 0 Å². The monoisotopic (exact) mass is 614 g/mol. The van der Waals surface area contributed by atoms with E-state index in [2.05, 4.69) is 185 Å². The maximum atomic E-state index is 2.43. The van der Waals surface area contributed by atoms with Gasteiger partial charge in [0.25, 0.3) is 0 Å². The normalized spacial score (nSPS) is 11.3. The van der Waals surface area contributed by atoms with Crippen molar-refractivity contribution in [3.8, 4) is 0 Å². The van der Waals surface area contributed by atoms with E-state index in [4.69, 9.17) is 0 Å². The van der Waals surface area contributed by atoms with Crippen molar-refractivity contribution < 1.29 is 0 Å². The molecule has 0 aliphatic heterocycles. The summed E-state index contributed by atoms with van der Waals surface area (Å²) in [7, 11) is 0. The average Bonchev–Trinajstić information content (AvgIpc) is 3.11. The second kappa shape index (κ2) is 12.1. The van der Waals surface area contributed by atoms with Crippen LogP contribution in [-0.2, 0) is 0 Å². The first-order chi connectivity index (χ1) is 23.4. The third-order valence-electron chi connectivity index (χ3n) is 9.75. The summed E-state index contributed by atoms with van der Waals surface area (Å²) in [4.78, 5) is 0. The third-order valence-corrected chi connectivity index (χ3v) is 9.75. The van der Waals surface area contributed by atoms with Crippen LogP contribution in [0.15, 0.2) is 158 Å². The van der Waals surface area contributed by atoms with Crippen molar-refractivity contribution >= 4 is 43.5 Å². The molecule has 0 spiro atoms. The molecule has 0 saturated carbocycles. The Morgan fingerprint density at radius 3 is 0.854 bits per heavy atom. The summed E-state index contributed by atoms with van der Waals surface area (Å²) in [5.74, 6) is 0. The molecule has 0 aliphatic rings. The molecule has 0 saturated heterocycles. The Morgan fingerprint density at radius 2 is 0.562 bits per heavy atom. The van der Waals surface area contributed by atoms with Crippen molar-refractivity contribution in [3.05, 3.63) is 213 Å². The molecule has 0 aliphatic carbocycles. The van der Waals surface area contributed by atoms with Crippen LogP contribution in [0.25, 0.3) is 43.5 Å². The second-order valence-corrected chi connectivity index (χ2v) is 13.3. The Kier molecular flexibility index (Phi) is 7.50. The molecule has 0 heterocycles. The molecule has 48 heavy (non-hydrogen) atoms. The predicted molar refractivity (Wildman–Crippen MR) is 206 cm³/mol. The zero-order valence-electron chi connectivity index (χ0n) is 28.0. The Bertz CT molecular complexity index is 2300. The number of hydrogen-bond donors (Lipinski definition) is 0. The highest BCUT2D eigenvalue weighted by molar-refractivity contribution is 6.10. The van der Waals surface area contributed by atoms with Crippen molar-refractivity contribution in [2.45, 2.75) is 27.7 Å². The lowest BCUT2D eigenvalue weighted by Crippen LogP contribution is -2.21. The van der Waals surface area contributed by atoms with E-state index in [1.807, 2.05) is 0 Å². The van der Waals surface area contributed by atoms with E-state index in [9.17, 15) is 0 Å². The standard InChI is InChI=1S/C48H38/c1-31-13-21-35(22-14-31)45(36-23-15-32(2)16-24-36)47-41-11-7-8-12-42(41)48(44-30-40-10-6-5-9-39(40)29-43(44)47)46(37-25-17-33(3)18-26-37)38-27-19-34(4)20-28-38/h5-30H,1-4H3. The zero-order chi connectivity index (χ0) is 32.8. The highest BCUT2D eigenvalue weighted by atomic mass is 14.2. The van der Waals surface area contributed by atoms with Gasteiger partial charge in [-0.1, -0.05) is 168 Å². The SMILES string of the molecule is Cc1ccc(C(c2ccc(C)cc2)=c2c3ccccc3c(=C(c3ccc(C)cc3)c3ccc(C)cc3)c3cc4ccccc4cc23)cc1. The molecule has 0 N–H and O–H groups in total. The van der Waals surface area contributed by atoms with E-state index in [0.29, 0.717) is 0 Å². The van der Waals surface area contributed by atoms with Gasteiger partial charge in [0.2, 0.25) is 0 Å². The summed E-state index contributed by atoms with van der Waals surface area (Å²) in [5.41, 5.74) is 12.4. The van der Waals surface area contributed by atoms with Crippen LogP contribution in [-0.4, -0.2) is 0 Å². The van der Waals surface area contributed by atoms with Gasteiger partial charge >= 0.3 is 0 Å². The fourth-order valence-corrected chi connectivity index (χ4v) is 7.19. The van der Waals surface area contributed by atoms with Crippen LogP contribution in [0.5, 0.6) is 0 Å². The van der Waals surface area contributed by atoms with Crippen LogP contribution in [0.1, 0.15) is 44.5 Å².